The molecule has 130 valence electrons. The third-order valence-corrected chi connectivity index (χ3v) is 4.96. The third kappa shape index (κ3) is 2.58. The van der Waals surface area contributed by atoms with Crippen LogP contribution in [0.3, 0.4) is 0 Å². The number of amides is 2. The van der Waals surface area contributed by atoms with Crippen LogP contribution in [0, 0.1) is 5.92 Å². The second kappa shape index (κ2) is 5.96. The Labute approximate surface area is 142 Å². The molecule has 0 spiro atoms. The molecule has 2 amide bonds. The fourth-order valence-electron chi connectivity index (χ4n) is 3.82. The molecule has 1 saturated carbocycles. The molecule has 8 nitrogen and oxygen atoms in total. The number of benzene rings is 1. The number of nitrogens with one attached hydrogen (secondary N) is 3. The van der Waals surface area contributed by atoms with Crippen molar-refractivity contribution >= 4 is 22.6 Å². The number of carbonyl (C=O) groups is 2. The molecule has 1 aliphatic heterocycles. The van der Waals surface area contributed by atoms with E-state index in [1.807, 2.05) is 0 Å². The first-order chi connectivity index (χ1) is 12.1. The van der Waals surface area contributed by atoms with Crippen molar-refractivity contribution in [1.82, 2.24) is 20.8 Å². The lowest BCUT2D eigenvalue weighted by molar-refractivity contribution is -0.123. The van der Waals surface area contributed by atoms with Gasteiger partial charge in [-0.15, -0.1) is 0 Å². The van der Waals surface area contributed by atoms with E-state index in [2.05, 4.69) is 20.8 Å². The van der Waals surface area contributed by atoms with Gasteiger partial charge in [0.2, 0.25) is 5.91 Å². The van der Waals surface area contributed by atoms with E-state index < -0.39 is 0 Å². The summed E-state index contributed by atoms with van der Waals surface area (Å²) in [5, 5.41) is 13.0. The predicted octanol–water partition coefficient (Wildman–Crippen LogP) is -0.0551. The minimum absolute atomic E-state index is 0.0607. The lowest BCUT2D eigenvalue weighted by atomic mass is 9.71. The zero-order valence-corrected chi connectivity index (χ0v) is 13.6. The largest absolute Gasteiger partial charge is 0.376 e. The summed E-state index contributed by atoms with van der Waals surface area (Å²) in [4.78, 5) is 36.0. The molecule has 2 aliphatic rings. The van der Waals surface area contributed by atoms with Crippen LogP contribution in [0.25, 0.3) is 10.8 Å². The summed E-state index contributed by atoms with van der Waals surface area (Å²) in [7, 11) is 0. The number of H-pyrrole nitrogens is 1. The van der Waals surface area contributed by atoms with Gasteiger partial charge in [0.15, 0.2) is 5.69 Å². The van der Waals surface area contributed by atoms with E-state index in [-0.39, 0.29) is 47.2 Å². The summed E-state index contributed by atoms with van der Waals surface area (Å²) >= 11 is 0. The number of ether oxygens (including phenoxy) is 1. The third-order valence-electron chi connectivity index (χ3n) is 4.96. The molecule has 3 N–H and O–H groups in total. The number of aromatic amines is 1. The van der Waals surface area contributed by atoms with Crippen molar-refractivity contribution in [1.29, 1.82) is 0 Å². The van der Waals surface area contributed by atoms with Gasteiger partial charge >= 0.3 is 0 Å². The van der Waals surface area contributed by atoms with Crippen molar-refractivity contribution in [2.75, 3.05) is 6.61 Å². The van der Waals surface area contributed by atoms with Gasteiger partial charge in [-0.2, -0.15) is 5.10 Å². The van der Waals surface area contributed by atoms with Gasteiger partial charge in [0, 0.05) is 24.8 Å². The molecule has 1 aliphatic carbocycles. The van der Waals surface area contributed by atoms with Crippen LogP contribution in [0.4, 0.5) is 0 Å². The highest BCUT2D eigenvalue weighted by atomic mass is 16.5. The van der Waals surface area contributed by atoms with E-state index in [9.17, 15) is 14.4 Å². The standard InChI is InChI=1S/C17H18N4O4/c1-8(22)18-14-12(11-6-7-25-15(11)14)19-17(24)13-9-4-2-3-5-10(9)16(23)21-20-13/h2-5,11-12,14-15H,6-7H2,1H3,(H,18,22)(H,19,24)(H,21,23)/t11-,12+,14-,15-/m1/s1. The molecule has 0 radical (unpaired) electrons. The maximum absolute atomic E-state index is 12.7. The summed E-state index contributed by atoms with van der Waals surface area (Å²) in [6.07, 6.45) is 0.778. The van der Waals surface area contributed by atoms with Gasteiger partial charge in [0.1, 0.15) is 0 Å². The maximum Gasteiger partial charge on any atom is 0.272 e. The molecular weight excluding hydrogens is 324 g/mol. The number of nitrogens with zero attached hydrogens (tertiary/aromatic N) is 1. The Hall–Kier alpha value is -2.74. The molecule has 1 aromatic heterocycles. The molecule has 4 atom stereocenters. The molecule has 4 rings (SSSR count). The van der Waals surface area contributed by atoms with Crippen molar-refractivity contribution in [3.05, 3.63) is 40.3 Å². The summed E-state index contributed by atoms with van der Waals surface area (Å²) < 4.78 is 5.64. The van der Waals surface area contributed by atoms with Gasteiger partial charge < -0.3 is 15.4 Å². The second-order valence-corrected chi connectivity index (χ2v) is 6.46. The zero-order valence-electron chi connectivity index (χ0n) is 13.6. The minimum Gasteiger partial charge on any atom is -0.376 e. The summed E-state index contributed by atoms with van der Waals surface area (Å²) in [6.45, 7) is 2.07. The van der Waals surface area contributed by atoms with Gasteiger partial charge in [-0.25, -0.2) is 5.10 Å². The fourth-order valence-corrected chi connectivity index (χ4v) is 3.82. The number of rotatable bonds is 3. The van der Waals surface area contributed by atoms with Crippen LogP contribution in [0.2, 0.25) is 0 Å². The highest BCUT2D eigenvalue weighted by Crippen LogP contribution is 2.39. The van der Waals surface area contributed by atoms with Gasteiger partial charge in [-0.05, 0) is 12.5 Å². The number of hydrogen-bond acceptors (Lipinski definition) is 5. The smallest absolute Gasteiger partial charge is 0.272 e. The first-order valence-corrected chi connectivity index (χ1v) is 8.23. The SMILES string of the molecule is CC(=O)N[C@@H]1[C@@H](NC(=O)c2n[nH]c(=O)c3ccccc23)[C@H]2CCO[C@H]21. The molecule has 2 aromatic rings. The van der Waals surface area contributed by atoms with E-state index in [1.54, 1.807) is 24.3 Å². The first-order valence-electron chi connectivity index (χ1n) is 8.23. The Bertz CT molecular complexity index is 909. The van der Waals surface area contributed by atoms with E-state index in [0.29, 0.717) is 17.4 Å². The molecular formula is C17H18N4O4. The van der Waals surface area contributed by atoms with Crippen LogP contribution in [-0.2, 0) is 9.53 Å². The van der Waals surface area contributed by atoms with E-state index in [0.717, 1.165) is 6.42 Å². The molecule has 1 saturated heterocycles. The second-order valence-electron chi connectivity index (χ2n) is 6.46. The molecule has 0 unspecified atom stereocenters. The number of fused-ring (bicyclic) bond motifs is 2. The van der Waals surface area contributed by atoms with Crippen molar-refractivity contribution < 1.29 is 14.3 Å². The average molecular weight is 342 g/mol. The molecule has 8 heteroatoms. The number of hydrogen-bond donors (Lipinski definition) is 3. The van der Waals surface area contributed by atoms with Gasteiger partial charge in [-0.3, -0.25) is 14.4 Å². The van der Waals surface area contributed by atoms with Crippen LogP contribution in [0.5, 0.6) is 0 Å². The Morgan fingerprint density at radius 1 is 1.20 bits per heavy atom. The molecule has 1 aromatic carbocycles. The summed E-state index contributed by atoms with van der Waals surface area (Å²) in [5.41, 5.74) is -0.171. The Kier molecular flexibility index (Phi) is 3.76. The Balaban J connectivity index is 1.61. The molecule has 2 fully saturated rings. The van der Waals surface area contributed by atoms with Crippen molar-refractivity contribution in [3.63, 3.8) is 0 Å². The van der Waals surface area contributed by atoms with Crippen LogP contribution in [0.1, 0.15) is 23.8 Å². The number of carbonyl (C=O) groups excluding carboxylic acids is 2. The van der Waals surface area contributed by atoms with Crippen molar-refractivity contribution in [3.8, 4) is 0 Å². The fraction of sp³-hybridized carbons (Fsp3) is 0.412. The lowest BCUT2D eigenvalue weighted by Crippen LogP contribution is -2.70. The maximum atomic E-state index is 12.7. The predicted molar refractivity (Wildman–Crippen MR) is 89.1 cm³/mol. The lowest BCUT2D eigenvalue weighted by Gasteiger charge is -2.47. The van der Waals surface area contributed by atoms with E-state index in [1.165, 1.54) is 6.92 Å². The minimum atomic E-state index is -0.377. The van der Waals surface area contributed by atoms with Crippen LogP contribution < -0.4 is 16.2 Å². The monoisotopic (exact) mass is 342 g/mol. The molecule has 2 heterocycles. The Morgan fingerprint density at radius 3 is 2.72 bits per heavy atom. The van der Waals surface area contributed by atoms with Gasteiger partial charge in [0.05, 0.1) is 23.6 Å². The zero-order chi connectivity index (χ0) is 17.6. The highest BCUT2D eigenvalue weighted by molar-refractivity contribution is 6.04. The van der Waals surface area contributed by atoms with Crippen LogP contribution in [0.15, 0.2) is 29.1 Å². The van der Waals surface area contributed by atoms with Crippen molar-refractivity contribution in [2.24, 2.45) is 5.92 Å². The van der Waals surface area contributed by atoms with E-state index >= 15 is 0 Å². The number of aromatic nitrogens is 2. The quantitative estimate of drug-likeness (QED) is 0.723. The average Bonchev–Trinajstić information content (AvgIpc) is 3.03. The summed E-state index contributed by atoms with van der Waals surface area (Å²) in [6, 6.07) is 6.37. The van der Waals surface area contributed by atoms with Crippen LogP contribution >= 0.6 is 0 Å². The van der Waals surface area contributed by atoms with E-state index in [4.69, 9.17) is 4.74 Å². The molecule has 0 bridgehead atoms. The topological polar surface area (TPSA) is 113 Å². The van der Waals surface area contributed by atoms with Crippen LogP contribution in [-0.4, -0.2) is 46.8 Å². The molecule has 25 heavy (non-hydrogen) atoms. The normalized spacial score (nSPS) is 27.4. The van der Waals surface area contributed by atoms with Gasteiger partial charge in [-0.1, -0.05) is 18.2 Å². The Morgan fingerprint density at radius 2 is 1.96 bits per heavy atom. The first kappa shape index (κ1) is 15.8. The highest BCUT2D eigenvalue weighted by Gasteiger charge is 2.55. The van der Waals surface area contributed by atoms with Gasteiger partial charge in [0.25, 0.3) is 11.5 Å². The summed E-state index contributed by atoms with van der Waals surface area (Å²) in [5.74, 6) is -0.362. The van der Waals surface area contributed by atoms with Crippen molar-refractivity contribution in [2.45, 2.75) is 31.5 Å².